The summed E-state index contributed by atoms with van der Waals surface area (Å²) in [7, 11) is 1.06. The van der Waals surface area contributed by atoms with Crippen LogP contribution >= 0.6 is 0 Å². The van der Waals surface area contributed by atoms with Crippen LogP contribution < -0.4 is 0 Å². The Kier molecular flexibility index (Phi) is 3.66. The molecule has 0 spiro atoms. The van der Waals surface area contributed by atoms with Crippen LogP contribution in [0.1, 0.15) is 28.0 Å². The Labute approximate surface area is 94.4 Å². The summed E-state index contributed by atoms with van der Waals surface area (Å²) in [4.78, 5) is 23.9. The number of hydrogen-bond acceptors (Lipinski definition) is 5. The lowest BCUT2D eigenvalue weighted by molar-refractivity contribution is -0.391. The topological polar surface area (TPSA) is 82.3 Å². The number of pyridine rings is 1. The predicted molar refractivity (Wildman–Crippen MR) is 51.9 cm³/mol. The molecule has 0 aliphatic heterocycles. The molecule has 92 valence electrons. The van der Waals surface area contributed by atoms with Gasteiger partial charge in [0.25, 0.3) is 12.1 Å². The van der Waals surface area contributed by atoms with Crippen molar-refractivity contribution in [2.75, 3.05) is 7.11 Å². The lowest BCUT2D eigenvalue weighted by Crippen LogP contribution is -2.10. The average Bonchev–Trinajstić information content (AvgIpc) is 2.26. The van der Waals surface area contributed by atoms with Gasteiger partial charge in [0.15, 0.2) is 0 Å². The van der Waals surface area contributed by atoms with Gasteiger partial charge in [0.05, 0.1) is 7.11 Å². The monoisotopic (exact) mass is 246 g/mol. The first-order valence-electron chi connectivity index (χ1n) is 4.40. The number of esters is 1. The Hall–Kier alpha value is -2.12. The third-order valence-electron chi connectivity index (χ3n) is 2.03. The summed E-state index contributed by atoms with van der Waals surface area (Å²) in [6.45, 7) is 1.24. The van der Waals surface area contributed by atoms with Crippen molar-refractivity contribution in [2.24, 2.45) is 0 Å². The van der Waals surface area contributed by atoms with E-state index in [1.807, 2.05) is 0 Å². The van der Waals surface area contributed by atoms with E-state index in [-0.39, 0.29) is 11.3 Å². The highest BCUT2D eigenvalue weighted by Gasteiger charge is 2.29. The van der Waals surface area contributed by atoms with Crippen LogP contribution in [-0.2, 0) is 4.74 Å². The van der Waals surface area contributed by atoms with Crippen molar-refractivity contribution >= 4 is 11.8 Å². The van der Waals surface area contributed by atoms with Gasteiger partial charge >= 0.3 is 11.8 Å². The first kappa shape index (κ1) is 12.9. The van der Waals surface area contributed by atoms with E-state index in [1.165, 1.54) is 6.92 Å². The zero-order chi connectivity index (χ0) is 13.2. The second-order valence-corrected chi connectivity index (χ2v) is 3.11. The van der Waals surface area contributed by atoms with Gasteiger partial charge in [-0.1, -0.05) is 0 Å². The highest BCUT2D eigenvalue weighted by molar-refractivity contribution is 5.87. The minimum absolute atomic E-state index is 0.0814. The number of halogens is 2. The van der Waals surface area contributed by atoms with Gasteiger partial charge in [-0.25, -0.2) is 13.6 Å². The van der Waals surface area contributed by atoms with Crippen molar-refractivity contribution in [1.29, 1.82) is 0 Å². The molecule has 17 heavy (non-hydrogen) atoms. The molecule has 0 fully saturated rings. The number of nitro groups is 1. The zero-order valence-corrected chi connectivity index (χ0v) is 8.94. The summed E-state index contributed by atoms with van der Waals surface area (Å²) in [5.74, 6) is -1.95. The number of carbonyl (C=O) groups excluding carboxylic acids is 1. The van der Waals surface area contributed by atoms with Crippen molar-refractivity contribution in [3.8, 4) is 0 Å². The molecule has 1 heterocycles. The third kappa shape index (κ3) is 2.52. The normalized spacial score (nSPS) is 10.4. The van der Waals surface area contributed by atoms with Gasteiger partial charge < -0.3 is 14.9 Å². The number of ether oxygens (including phenoxy) is 1. The lowest BCUT2D eigenvalue weighted by Gasteiger charge is -2.05. The van der Waals surface area contributed by atoms with Crippen molar-refractivity contribution in [2.45, 2.75) is 13.3 Å². The molecule has 1 rings (SSSR count). The maximum atomic E-state index is 12.6. The largest absolute Gasteiger partial charge is 0.463 e. The maximum absolute atomic E-state index is 12.6. The zero-order valence-electron chi connectivity index (χ0n) is 8.94. The Balaban J connectivity index is 3.46. The average molecular weight is 246 g/mol. The van der Waals surface area contributed by atoms with E-state index in [9.17, 15) is 23.7 Å². The van der Waals surface area contributed by atoms with Gasteiger partial charge in [0, 0.05) is 6.07 Å². The number of alkyl halides is 2. The second-order valence-electron chi connectivity index (χ2n) is 3.11. The fraction of sp³-hybridized carbons (Fsp3) is 0.333. The molecule has 1 aromatic heterocycles. The number of aromatic nitrogens is 1. The smallest absolute Gasteiger partial charge is 0.382 e. The van der Waals surface area contributed by atoms with Crippen LogP contribution in [-0.4, -0.2) is 23.0 Å². The number of rotatable bonds is 3. The number of hydrogen-bond donors (Lipinski definition) is 0. The predicted octanol–water partition coefficient (Wildman–Crippen LogP) is 2.02. The third-order valence-corrected chi connectivity index (χ3v) is 2.03. The van der Waals surface area contributed by atoms with Crippen LogP contribution in [0.3, 0.4) is 0 Å². The standard InChI is InChI=1S/C9H8F2N2O4/c1-4-3-5(9(14)17-2)12-8(13(15)16)6(4)7(10)11/h3,7H,1-2H3. The van der Waals surface area contributed by atoms with Crippen molar-refractivity contribution in [1.82, 2.24) is 4.98 Å². The van der Waals surface area contributed by atoms with E-state index in [4.69, 9.17) is 0 Å². The molecule has 0 aromatic carbocycles. The van der Waals surface area contributed by atoms with Crippen LogP contribution in [0, 0.1) is 17.0 Å². The Bertz CT molecular complexity index is 476. The first-order chi connectivity index (χ1) is 7.88. The molecule has 0 radical (unpaired) electrons. The molecule has 0 N–H and O–H groups in total. The Morgan fingerprint density at radius 2 is 2.18 bits per heavy atom. The van der Waals surface area contributed by atoms with Crippen LogP contribution in [0.4, 0.5) is 14.6 Å². The number of methoxy groups -OCH3 is 1. The molecule has 0 unspecified atom stereocenters. The first-order valence-corrected chi connectivity index (χ1v) is 4.40. The van der Waals surface area contributed by atoms with Crippen LogP contribution in [0.25, 0.3) is 0 Å². The van der Waals surface area contributed by atoms with Gasteiger partial charge in [-0.3, -0.25) is 0 Å². The highest BCUT2D eigenvalue weighted by atomic mass is 19.3. The maximum Gasteiger partial charge on any atom is 0.382 e. The second kappa shape index (κ2) is 4.81. The van der Waals surface area contributed by atoms with Crippen LogP contribution in [0.15, 0.2) is 6.07 Å². The molecule has 0 amide bonds. The van der Waals surface area contributed by atoms with Crippen LogP contribution in [0.5, 0.6) is 0 Å². The fourth-order valence-corrected chi connectivity index (χ4v) is 1.28. The number of nitrogens with zero attached hydrogens (tertiary/aromatic N) is 2. The SMILES string of the molecule is COC(=O)c1cc(C)c(C(F)F)c([N+](=O)[O-])n1. The van der Waals surface area contributed by atoms with Crippen molar-refractivity contribution in [3.05, 3.63) is 33.0 Å². The molecular formula is C9H8F2N2O4. The van der Waals surface area contributed by atoms with Crippen molar-refractivity contribution in [3.63, 3.8) is 0 Å². The lowest BCUT2D eigenvalue weighted by atomic mass is 10.1. The van der Waals surface area contributed by atoms with Crippen molar-refractivity contribution < 1.29 is 23.2 Å². The van der Waals surface area contributed by atoms with Gasteiger partial charge in [-0.15, -0.1) is 0 Å². The quantitative estimate of drug-likeness (QED) is 0.463. The van der Waals surface area contributed by atoms with Gasteiger partial charge in [0.1, 0.15) is 5.56 Å². The summed E-state index contributed by atoms with van der Waals surface area (Å²) in [5, 5.41) is 10.6. The molecule has 0 aliphatic carbocycles. The van der Waals surface area contributed by atoms with E-state index < -0.39 is 28.7 Å². The van der Waals surface area contributed by atoms with E-state index >= 15 is 0 Å². The van der Waals surface area contributed by atoms with Gasteiger partial charge in [-0.05, 0) is 22.4 Å². The molecule has 0 bridgehead atoms. The summed E-state index contributed by atoms with van der Waals surface area (Å²) in [6, 6.07) is 1.03. The van der Waals surface area contributed by atoms with E-state index in [2.05, 4.69) is 9.72 Å². The Morgan fingerprint density at radius 1 is 1.59 bits per heavy atom. The molecule has 0 saturated carbocycles. The van der Waals surface area contributed by atoms with Crippen LogP contribution in [0.2, 0.25) is 0 Å². The van der Waals surface area contributed by atoms with Gasteiger partial charge in [-0.2, -0.15) is 0 Å². The number of aryl methyl sites for hydroxylation is 1. The molecule has 6 nitrogen and oxygen atoms in total. The van der Waals surface area contributed by atoms with E-state index in [0.29, 0.717) is 0 Å². The summed E-state index contributed by atoms with van der Waals surface area (Å²) in [6.07, 6.45) is -3.03. The summed E-state index contributed by atoms with van der Waals surface area (Å²) < 4.78 is 29.5. The summed E-state index contributed by atoms with van der Waals surface area (Å²) in [5.41, 5.74) is -1.24. The van der Waals surface area contributed by atoms with E-state index in [0.717, 1.165) is 13.2 Å². The number of carbonyl (C=O) groups is 1. The molecular weight excluding hydrogens is 238 g/mol. The minimum Gasteiger partial charge on any atom is -0.463 e. The molecule has 0 saturated heterocycles. The molecule has 0 aliphatic rings. The molecule has 0 atom stereocenters. The van der Waals surface area contributed by atoms with Gasteiger partial charge in [0.2, 0.25) is 0 Å². The fourth-order valence-electron chi connectivity index (χ4n) is 1.28. The highest BCUT2D eigenvalue weighted by Crippen LogP contribution is 2.30. The minimum atomic E-state index is -3.03. The summed E-state index contributed by atoms with van der Waals surface area (Å²) >= 11 is 0. The Morgan fingerprint density at radius 3 is 2.59 bits per heavy atom. The van der Waals surface area contributed by atoms with E-state index in [1.54, 1.807) is 0 Å². The molecule has 1 aromatic rings. The molecule has 8 heteroatoms.